The first-order chi connectivity index (χ1) is 3.80. The average Bonchev–Trinajstić information content (AvgIpc) is 1.77. The van der Waals surface area contributed by atoms with Gasteiger partial charge in [0, 0.05) is 0 Å². The van der Waals surface area contributed by atoms with Crippen molar-refractivity contribution in [1.29, 1.82) is 0 Å². The Hall–Kier alpha value is -0.580. The number of nitrogens with zero attached hydrogens (tertiary/aromatic N) is 3. The van der Waals surface area contributed by atoms with Crippen molar-refractivity contribution in [1.82, 2.24) is 15.2 Å². The molecule has 0 unspecified atom stereocenters. The number of rotatable bonds is 0. The summed E-state index contributed by atoms with van der Waals surface area (Å²) in [6, 6.07) is 0. The van der Waals surface area contributed by atoms with Gasteiger partial charge in [0.05, 0.1) is 0 Å². The second-order valence-electron chi connectivity index (χ2n) is 0.993. The highest BCUT2D eigenvalue weighted by molar-refractivity contribution is 9.10. The quantitative estimate of drug-likeness (QED) is 0.581. The zero-order valence-electron chi connectivity index (χ0n) is 3.60. The van der Waals surface area contributed by atoms with Crippen LogP contribution in [0.5, 0.6) is 0 Å². The van der Waals surface area contributed by atoms with Gasteiger partial charge in [-0.2, -0.15) is 9.37 Å². The molecule has 0 bridgehead atoms. The Balaban J connectivity index is 3.13. The van der Waals surface area contributed by atoms with Gasteiger partial charge in [-0.25, -0.2) is 0 Å². The SMILES string of the molecule is Fc1n[c]nnc1Br. The van der Waals surface area contributed by atoms with Gasteiger partial charge in [-0.15, -0.1) is 10.2 Å². The van der Waals surface area contributed by atoms with Gasteiger partial charge in [0.2, 0.25) is 12.3 Å². The number of halogens is 2. The van der Waals surface area contributed by atoms with E-state index in [1.54, 1.807) is 0 Å². The highest BCUT2D eigenvalue weighted by atomic mass is 79.9. The van der Waals surface area contributed by atoms with Gasteiger partial charge in [-0.3, -0.25) is 0 Å². The van der Waals surface area contributed by atoms with Crippen molar-refractivity contribution in [2.45, 2.75) is 0 Å². The predicted molar refractivity (Wildman–Crippen MR) is 26.3 cm³/mol. The monoisotopic (exact) mass is 176 g/mol. The standard InChI is InChI=1S/C3BrFN3/c4-2-3(5)6-1-7-8-2. The summed E-state index contributed by atoms with van der Waals surface area (Å²) in [7, 11) is 0. The normalized spacial score (nSPS) is 9.25. The third kappa shape index (κ3) is 0.975. The third-order valence-corrected chi connectivity index (χ3v) is 0.987. The van der Waals surface area contributed by atoms with Crippen molar-refractivity contribution >= 4 is 15.9 Å². The van der Waals surface area contributed by atoms with Crippen molar-refractivity contribution < 1.29 is 4.39 Å². The topological polar surface area (TPSA) is 38.7 Å². The van der Waals surface area contributed by atoms with Gasteiger partial charge in [-0.1, -0.05) is 0 Å². The lowest BCUT2D eigenvalue weighted by Crippen LogP contribution is -1.89. The molecule has 1 rings (SSSR count). The van der Waals surface area contributed by atoms with Gasteiger partial charge in [-0.05, 0) is 15.9 Å². The van der Waals surface area contributed by atoms with Gasteiger partial charge in [0.15, 0.2) is 4.60 Å². The maximum atomic E-state index is 12.0. The first kappa shape index (κ1) is 5.55. The molecule has 0 saturated carbocycles. The summed E-state index contributed by atoms with van der Waals surface area (Å²) in [6.07, 6.45) is 1.99. The summed E-state index contributed by atoms with van der Waals surface area (Å²) < 4.78 is 12.0. The van der Waals surface area contributed by atoms with Crippen LogP contribution in [0.1, 0.15) is 0 Å². The lowest BCUT2D eigenvalue weighted by molar-refractivity contribution is 0.555. The predicted octanol–water partition coefficient (Wildman–Crippen LogP) is 0.573. The van der Waals surface area contributed by atoms with Crippen LogP contribution >= 0.6 is 15.9 Å². The van der Waals surface area contributed by atoms with E-state index in [1.165, 1.54) is 0 Å². The van der Waals surface area contributed by atoms with E-state index in [-0.39, 0.29) is 4.60 Å². The molecule has 1 aromatic heterocycles. The zero-order valence-corrected chi connectivity index (χ0v) is 5.18. The van der Waals surface area contributed by atoms with Crippen LogP contribution < -0.4 is 0 Å². The maximum Gasteiger partial charge on any atom is 0.250 e. The van der Waals surface area contributed by atoms with Crippen LogP contribution in [0, 0.1) is 12.3 Å². The van der Waals surface area contributed by atoms with Crippen LogP contribution in [0.3, 0.4) is 0 Å². The van der Waals surface area contributed by atoms with Crippen LogP contribution in [-0.4, -0.2) is 15.2 Å². The third-order valence-electron chi connectivity index (χ3n) is 0.501. The molecule has 1 heterocycles. The molecule has 0 spiro atoms. The summed E-state index contributed by atoms with van der Waals surface area (Å²) in [5.41, 5.74) is 0. The molecular weight excluding hydrogens is 177 g/mol. The van der Waals surface area contributed by atoms with E-state index < -0.39 is 5.95 Å². The van der Waals surface area contributed by atoms with E-state index in [9.17, 15) is 4.39 Å². The van der Waals surface area contributed by atoms with Gasteiger partial charge in [0.1, 0.15) is 0 Å². The minimum Gasteiger partial charge on any atom is -0.192 e. The first-order valence-corrected chi connectivity index (χ1v) is 2.52. The van der Waals surface area contributed by atoms with Crippen molar-refractivity contribution in [3.8, 4) is 0 Å². The molecular formula is C3BrFN3. The molecule has 0 aliphatic carbocycles. The van der Waals surface area contributed by atoms with Gasteiger partial charge < -0.3 is 0 Å². The molecule has 3 nitrogen and oxygen atoms in total. The van der Waals surface area contributed by atoms with E-state index >= 15 is 0 Å². The minimum absolute atomic E-state index is 0.0104. The lowest BCUT2D eigenvalue weighted by Gasteiger charge is -1.83. The van der Waals surface area contributed by atoms with Crippen LogP contribution in [0.15, 0.2) is 4.60 Å². The number of hydrogen-bond acceptors (Lipinski definition) is 3. The molecule has 0 fully saturated rings. The Morgan fingerprint density at radius 3 is 2.75 bits per heavy atom. The maximum absolute atomic E-state index is 12.0. The van der Waals surface area contributed by atoms with Crippen molar-refractivity contribution in [2.75, 3.05) is 0 Å². The molecule has 0 amide bonds. The molecule has 0 saturated heterocycles. The fourth-order valence-corrected chi connectivity index (χ4v) is 0.388. The molecule has 1 radical (unpaired) electrons. The van der Waals surface area contributed by atoms with E-state index in [1.807, 2.05) is 6.33 Å². The Labute approximate surface area is 53.1 Å². The van der Waals surface area contributed by atoms with E-state index in [2.05, 4.69) is 31.1 Å². The van der Waals surface area contributed by atoms with E-state index in [4.69, 9.17) is 0 Å². The van der Waals surface area contributed by atoms with Crippen LogP contribution in [0.25, 0.3) is 0 Å². The first-order valence-electron chi connectivity index (χ1n) is 1.72. The minimum atomic E-state index is -0.694. The lowest BCUT2D eigenvalue weighted by atomic mass is 10.9. The summed E-state index contributed by atoms with van der Waals surface area (Å²) in [6.45, 7) is 0. The van der Waals surface area contributed by atoms with Crippen molar-refractivity contribution in [3.63, 3.8) is 0 Å². The average molecular weight is 177 g/mol. The summed E-state index contributed by atoms with van der Waals surface area (Å²) in [5.74, 6) is -0.694. The Morgan fingerprint density at radius 2 is 2.38 bits per heavy atom. The molecule has 8 heavy (non-hydrogen) atoms. The molecule has 5 heteroatoms. The van der Waals surface area contributed by atoms with Crippen LogP contribution in [0.4, 0.5) is 4.39 Å². The van der Waals surface area contributed by atoms with Crippen molar-refractivity contribution in [2.24, 2.45) is 0 Å². The molecule has 0 aliphatic heterocycles. The van der Waals surface area contributed by atoms with E-state index in [0.29, 0.717) is 0 Å². The molecule has 41 valence electrons. The molecule has 0 aromatic carbocycles. The molecule has 1 aromatic rings. The highest BCUT2D eigenvalue weighted by Crippen LogP contribution is 2.04. The number of aromatic nitrogens is 3. The van der Waals surface area contributed by atoms with Gasteiger partial charge >= 0.3 is 0 Å². The summed E-state index contributed by atoms with van der Waals surface area (Å²) in [5, 5.41) is 6.42. The Kier molecular flexibility index (Phi) is 1.48. The van der Waals surface area contributed by atoms with Crippen molar-refractivity contribution in [3.05, 3.63) is 16.9 Å². The smallest absolute Gasteiger partial charge is 0.192 e. The molecule has 0 N–H and O–H groups in total. The second-order valence-corrected chi connectivity index (χ2v) is 1.74. The van der Waals surface area contributed by atoms with Crippen LogP contribution in [-0.2, 0) is 0 Å². The molecule has 0 aliphatic rings. The largest absolute Gasteiger partial charge is 0.250 e. The fourth-order valence-electron chi connectivity index (χ4n) is 0.220. The second kappa shape index (κ2) is 2.13. The Bertz CT molecular complexity index is 171. The highest BCUT2D eigenvalue weighted by Gasteiger charge is 1.96. The summed E-state index contributed by atoms with van der Waals surface area (Å²) >= 11 is 2.76. The molecule has 0 atom stereocenters. The zero-order chi connectivity index (χ0) is 5.98. The van der Waals surface area contributed by atoms with E-state index in [0.717, 1.165) is 0 Å². The van der Waals surface area contributed by atoms with Gasteiger partial charge in [0.25, 0.3) is 0 Å². The number of hydrogen-bond donors (Lipinski definition) is 0. The summed E-state index contributed by atoms with van der Waals surface area (Å²) in [4.78, 5) is 3.07. The Morgan fingerprint density at radius 1 is 1.62 bits per heavy atom. The van der Waals surface area contributed by atoms with Crippen LogP contribution in [0.2, 0.25) is 0 Å². The fraction of sp³-hybridized carbons (Fsp3) is 0.